The lowest BCUT2D eigenvalue weighted by Crippen LogP contribution is -2.36. The van der Waals surface area contributed by atoms with Gasteiger partial charge in [-0.15, -0.1) is 0 Å². The molecule has 2 aliphatic carbocycles. The molecule has 0 saturated heterocycles. The van der Waals surface area contributed by atoms with Crippen LogP contribution in [-0.2, 0) is 4.79 Å². The summed E-state index contributed by atoms with van der Waals surface area (Å²) in [5.74, 6) is 1.63. The first kappa shape index (κ1) is 10.7. The first-order valence-corrected chi connectivity index (χ1v) is 5.77. The van der Waals surface area contributed by atoms with Gasteiger partial charge in [-0.25, -0.2) is 0 Å². The maximum Gasteiger partial charge on any atom is 0.223 e. The molecule has 4 unspecified atom stereocenters. The summed E-state index contributed by atoms with van der Waals surface area (Å²) in [6.45, 7) is 2.66. The van der Waals surface area contributed by atoms with E-state index in [0.717, 1.165) is 12.8 Å². The number of hydrogen-bond acceptors (Lipinski definition) is 2. The molecule has 2 N–H and O–H groups in total. The highest BCUT2D eigenvalue weighted by atomic mass is 16.3. The van der Waals surface area contributed by atoms with Crippen LogP contribution in [0.15, 0.2) is 12.2 Å². The molecule has 0 aliphatic heterocycles. The summed E-state index contributed by atoms with van der Waals surface area (Å²) >= 11 is 0. The van der Waals surface area contributed by atoms with E-state index in [1.54, 1.807) is 0 Å². The number of allylic oxidation sites excluding steroid dienone is 2. The van der Waals surface area contributed by atoms with Gasteiger partial charge in [-0.05, 0) is 30.6 Å². The Hall–Kier alpha value is -0.830. The number of aliphatic hydroxyl groups is 1. The topological polar surface area (TPSA) is 49.3 Å². The van der Waals surface area contributed by atoms with Crippen LogP contribution in [0.1, 0.15) is 19.8 Å². The van der Waals surface area contributed by atoms with Crippen molar-refractivity contribution < 1.29 is 9.90 Å². The molecule has 1 saturated carbocycles. The Morgan fingerprint density at radius 2 is 2.33 bits per heavy atom. The molecule has 0 aromatic heterocycles. The molecule has 4 atom stereocenters. The summed E-state index contributed by atoms with van der Waals surface area (Å²) in [4.78, 5) is 11.8. The van der Waals surface area contributed by atoms with Crippen molar-refractivity contribution in [2.45, 2.75) is 19.8 Å². The molecule has 84 valence electrons. The second-order valence-electron chi connectivity index (χ2n) is 4.92. The van der Waals surface area contributed by atoms with Crippen molar-refractivity contribution in [1.82, 2.24) is 5.32 Å². The van der Waals surface area contributed by atoms with E-state index in [2.05, 4.69) is 17.5 Å². The summed E-state index contributed by atoms with van der Waals surface area (Å²) in [6, 6.07) is 0. The number of aliphatic hydroxyl groups excluding tert-OH is 1. The van der Waals surface area contributed by atoms with E-state index >= 15 is 0 Å². The van der Waals surface area contributed by atoms with Crippen LogP contribution in [0.4, 0.5) is 0 Å². The normalized spacial score (nSPS) is 34.4. The fraction of sp³-hybridized carbons (Fsp3) is 0.750. The van der Waals surface area contributed by atoms with E-state index in [-0.39, 0.29) is 24.3 Å². The Labute approximate surface area is 90.6 Å². The molecular weight excluding hydrogens is 190 g/mol. The Balaban J connectivity index is 1.80. The minimum atomic E-state index is 0.136. The van der Waals surface area contributed by atoms with Crippen molar-refractivity contribution in [3.05, 3.63) is 12.2 Å². The van der Waals surface area contributed by atoms with Crippen molar-refractivity contribution >= 4 is 5.91 Å². The Morgan fingerprint density at radius 1 is 1.53 bits per heavy atom. The number of nitrogens with one attached hydrogen (secondary N) is 1. The molecule has 0 aromatic carbocycles. The highest BCUT2D eigenvalue weighted by Gasteiger charge is 2.39. The van der Waals surface area contributed by atoms with Crippen molar-refractivity contribution in [3.63, 3.8) is 0 Å². The standard InChI is InChI=1S/C12H19NO2/c1-8(7-14)6-13-12(15)11-5-9-2-3-10(11)4-9/h2-3,8-11,14H,4-7H2,1H3,(H,13,15). The van der Waals surface area contributed by atoms with Gasteiger partial charge in [-0.2, -0.15) is 0 Å². The van der Waals surface area contributed by atoms with Crippen molar-refractivity contribution in [1.29, 1.82) is 0 Å². The zero-order valence-electron chi connectivity index (χ0n) is 9.15. The molecule has 0 aromatic rings. The number of fused-ring (bicyclic) bond motifs is 2. The van der Waals surface area contributed by atoms with Gasteiger partial charge >= 0.3 is 0 Å². The molecule has 15 heavy (non-hydrogen) atoms. The first-order valence-electron chi connectivity index (χ1n) is 5.77. The molecule has 0 heterocycles. The van der Waals surface area contributed by atoms with E-state index in [1.807, 2.05) is 6.92 Å². The maximum absolute atomic E-state index is 11.8. The summed E-state index contributed by atoms with van der Waals surface area (Å²) in [5, 5.41) is 11.8. The van der Waals surface area contributed by atoms with E-state index < -0.39 is 0 Å². The molecular formula is C12H19NO2. The van der Waals surface area contributed by atoms with Crippen LogP contribution >= 0.6 is 0 Å². The lowest BCUT2D eigenvalue weighted by molar-refractivity contribution is -0.125. The summed E-state index contributed by atoms with van der Waals surface area (Å²) in [5.41, 5.74) is 0. The molecule has 3 nitrogen and oxygen atoms in total. The number of carbonyl (C=O) groups is 1. The molecule has 2 aliphatic rings. The predicted octanol–water partition coefficient (Wildman–Crippen LogP) is 0.943. The van der Waals surface area contributed by atoms with Gasteiger partial charge in [0.2, 0.25) is 5.91 Å². The van der Waals surface area contributed by atoms with Gasteiger partial charge in [-0.1, -0.05) is 19.1 Å². The fourth-order valence-corrected chi connectivity index (χ4v) is 2.55. The molecule has 0 spiro atoms. The van der Waals surface area contributed by atoms with E-state index in [1.165, 1.54) is 0 Å². The van der Waals surface area contributed by atoms with Gasteiger partial charge in [0.1, 0.15) is 0 Å². The minimum absolute atomic E-state index is 0.136. The van der Waals surface area contributed by atoms with E-state index in [0.29, 0.717) is 18.4 Å². The highest BCUT2D eigenvalue weighted by Crippen LogP contribution is 2.43. The Morgan fingerprint density at radius 3 is 2.87 bits per heavy atom. The lowest BCUT2D eigenvalue weighted by atomic mass is 9.93. The van der Waals surface area contributed by atoms with Crippen LogP contribution in [-0.4, -0.2) is 24.2 Å². The fourth-order valence-electron chi connectivity index (χ4n) is 2.55. The molecule has 0 radical (unpaired) electrons. The monoisotopic (exact) mass is 209 g/mol. The summed E-state index contributed by atoms with van der Waals surface area (Å²) in [6.07, 6.45) is 6.60. The van der Waals surface area contributed by atoms with Gasteiger partial charge in [0, 0.05) is 19.1 Å². The number of hydrogen-bond donors (Lipinski definition) is 2. The van der Waals surface area contributed by atoms with Crippen LogP contribution in [0.2, 0.25) is 0 Å². The third-order valence-electron chi connectivity index (χ3n) is 3.55. The zero-order chi connectivity index (χ0) is 10.8. The average Bonchev–Trinajstić information content (AvgIpc) is 2.86. The second kappa shape index (κ2) is 4.35. The quantitative estimate of drug-likeness (QED) is 0.677. The number of carbonyl (C=O) groups excluding carboxylic acids is 1. The van der Waals surface area contributed by atoms with Gasteiger partial charge in [0.25, 0.3) is 0 Å². The molecule has 1 amide bonds. The van der Waals surface area contributed by atoms with Crippen LogP contribution in [0.25, 0.3) is 0 Å². The maximum atomic E-state index is 11.8. The lowest BCUT2D eigenvalue weighted by Gasteiger charge is -2.18. The van der Waals surface area contributed by atoms with Crippen molar-refractivity contribution in [3.8, 4) is 0 Å². The summed E-state index contributed by atoms with van der Waals surface area (Å²) in [7, 11) is 0. The van der Waals surface area contributed by atoms with Crippen LogP contribution in [0, 0.1) is 23.7 Å². The van der Waals surface area contributed by atoms with Crippen LogP contribution < -0.4 is 5.32 Å². The van der Waals surface area contributed by atoms with Gasteiger partial charge < -0.3 is 10.4 Å². The molecule has 3 heteroatoms. The largest absolute Gasteiger partial charge is 0.396 e. The van der Waals surface area contributed by atoms with E-state index in [9.17, 15) is 4.79 Å². The number of rotatable bonds is 4. The van der Waals surface area contributed by atoms with Gasteiger partial charge in [-0.3, -0.25) is 4.79 Å². The Bertz CT molecular complexity index is 275. The average molecular weight is 209 g/mol. The van der Waals surface area contributed by atoms with Crippen LogP contribution in [0.5, 0.6) is 0 Å². The third kappa shape index (κ3) is 2.23. The second-order valence-corrected chi connectivity index (χ2v) is 4.92. The first-order chi connectivity index (χ1) is 7.20. The van der Waals surface area contributed by atoms with Crippen LogP contribution in [0.3, 0.4) is 0 Å². The summed E-state index contributed by atoms with van der Waals surface area (Å²) < 4.78 is 0. The highest BCUT2D eigenvalue weighted by molar-refractivity contribution is 5.79. The van der Waals surface area contributed by atoms with Gasteiger partial charge in [0.05, 0.1) is 0 Å². The molecule has 2 bridgehead atoms. The van der Waals surface area contributed by atoms with Crippen molar-refractivity contribution in [2.75, 3.05) is 13.2 Å². The molecule has 1 fully saturated rings. The molecule has 2 rings (SSSR count). The van der Waals surface area contributed by atoms with E-state index in [4.69, 9.17) is 5.11 Å². The zero-order valence-corrected chi connectivity index (χ0v) is 9.15. The predicted molar refractivity (Wildman–Crippen MR) is 58.1 cm³/mol. The van der Waals surface area contributed by atoms with Gasteiger partial charge in [0.15, 0.2) is 0 Å². The minimum Gasteiger partial charge on any atom is -0.396 e. The third-order valence-corrected chi connectivity index (χ3v) is 3.55. The Kier molecular flexibility index (Phi) is 3.10. The number of amides is 1. The van der Waals surface area contributed by atoms with Crippen molar-refractivity contribution in [2.24, 2.45) is 23.7 Å². The SMILES string of the molecule is CC(CO)CNC(=O)C1CC2C=CC1C2. The smallest absolute Gasteiger partial charge is 0.223 e.